The van der Waals surface area contributed by atoms with E-state index < -0.39 is 0 Å². The Morgan fingerprint density at radius 3 is 2.73 bits per heavy atom. The first-order valence-electron chi connectivity index (χ1n) is 6.14. The van der Waals surface area contributed by atoms with E-state index in [1.807, 2.05) is 0 Å². The molecule has 0 N–H and O–H groups in total. The normalized spacial score (nSPS) is 14.7. The quantitative estimate of drug-likeness (QED) is 0.679. The number of hydrogen-bond donors (Lipinski definition) is 0. The van der Waals surface area contributed by atoms with E-state index in [1.165, 1.54) is 48.8 Å². The first kappa shape index (κ1) is 10.5. The minimum Gasteiger partial charge on any atom is -0.0696 e. The maximum Gasteiger partial charge on any atom is -0.0222 e. The third-order valence-corrected chi connectivity index (χ3v) is 3.28. The molecule has 0 heteroatoms. The van der Waals surface area contributed by atoms with Crippen molar-refractivity contribution in [2.45, 2.75) is 46.0 Å². The molecule has 0 radical (unpaired) electrons. The monoisotopic (exact) mass is 200 g/mol. The number of allylic oxidation sites excluding steroid dienone is 1. The Labute approximate surface area is 93.0 Å². The molecule has 0 atom stereocenters. The standard InChI is InChI=1S/C15H20/c1-3-5-13-7-9-14-8-6-12(4-2)10-15(14)11-13/h7,9-11H,3-6,8H2,1-2H3. The SMILES string of the molecule is CCCc1ccc2c(c1)C=C(CC)CC2. The molecule has 2 rings (SSSR count). The van der Waals surface area contributed by atoms with Crippen LogP contribution in [0, 0.1) is 0 Å². The Balaban J connectivity index is 2.31. The predicted molar refractivity (Wildman–Crippen MR) is 67.0 cm³/mol. The van der Waals surface area contributed by atoms with Crippen LogP contribution in [-0.4, -0.2) is 0 Å². The average molecular weight is 200 g/mol. The molecule has 0 fully saturated rings. The molecule has 0 unspecified atom stereocenters. The lowest BCUT2D eigenvalue weighted by molar-refractivity contribution is 0.869. The minimum atomic E-state index is 1.21. The van der Waals surface area contributed by atoms with Crippen molar-refractivity contribution < 1.29 is 0 Å². The highest BCUT2D eigenvalue weighted by molar-refractivity contribution is 5.60. The number of benzene rings is 1. The van der Waals surface area contributed by atoms with Crippen LogP contribution in [0.5, 0.6) is 0 Å². The number of aryl methyl sites for hydroxylation is 2. The van der Waals surface area contributed by atoms with Gasteiger partial charge in [0.15, 0.2) is 0 Å². The van der Waals surface area contributed by atoms with E-state index in [1.54, 1.807) is 5.57 Å². The Hall–Kier alpha value is -1.04. The molecule has 1 aromatic carbocycles. The first-order chi connectivity index (χ1) is 7.33. The van der Waals surface area contributed by atoms with Crippen molar-refractivity contribution in [2.24, 2.45) is 0 Å². The Morgan fingerprint density at radius 2 is 2.00 bits per heavy atom. The zero-order chi connectivity index (χ0) is 10.7. The topological polar surface area (TPSA) is 0 Å². The Kier molecular flexibility index (Phi) is 3.25. The highest BCUT2D eigenvalue weighted by atomic mass is 14.1. The Bertz CT molecular complexity index is 372. The van der Waals surface area contributed by atoms with Crippen molar-refractivity contribution in [3.63, 3.8) is 0 Å². The highest BCUT2D eigenvalue weighted by Gasteiger charge is 2.09. The van der Waals surface area contributed by atoms with Gasteiger partial charge in [0.2, 0.25) is 0 Å². The fourth-order valence-electron chi connectivity index (χ4n) is 2.32. The molecule has 0 saturated heterocycles. The highest BCUT2D eigenvalue weighted by Crippen LogP contribution is 2.26. The average Bonchev–Trinajstić information content (AvgIpc) is 2.28. The van der Waals surface area contributed by atoms with Crippen LogP contribution in [0.15, 0.2) is 23.8 Å². The fraction of sp³-hybridized carbons (Fsp3) is 0.467. The second kappa shape index (κ2) is 4.65. The Morgan fingerprint density at radius 1 is 1.13 bits per heavy atom. The van der Waals surface area contributed by atoms with Gasteiger partial charge in [-0.1, -0.05) is 50.1 Å². The van der Waals surface area contributed by atoms with Gasteiger partial charge < -0.3 is 0 Å². The summed E-state index contributed by atoms with van der Waals surface area (Å²) in [5, 5.41) is 0. The molecule has 0 nitrogen and oxygen atoms in total. The summed E-state index contributed by atoms with van der Waals surface area (Å²) in [7, 11) is 0. The third kappa shape index (κ3) is 2.31. The van der Waals surface area contributed by atoms with Crippen LogP contribution in [0.25, 0.3) is 6.08 Å². The van der Waals surface area contributed by atoms with Crippen LogP contribution in [-0.2, 0) is 12.8 Å². The van der Waals surface area contributed by atoms with Gasteiger partial charge in [0.05, 0.1) is 0 Å². The predicted octanol–water partition coefficient (Wildman–Crippen LogP) is 4.38. The maximum absolute atomic E-state index is 2.40. The van der Waals surface area contributed by atoms with E-state index in [-0.39, 0.29) is 0 Å². The van der Waals surface area contributed by atoms with Gasteiger partial charge in [-0.25, -0.2) is 0 Å². The van der Waals surface area contributed by atoms with E-state index >= 15 is 0 Å². The zero-order valence-corrected chi connectivity index (χ0v) is 9.84. The molecule has 0 aromatic heterocycles. The van der Waals surface area contributed by atoms with Gasteiger partial charge in [0.25, 0.3) is 0 Å². The van der Waals surface area contributed by atoms with E-state index in [4.69, 9.17) is 0 Å². The number of fused-ring (bicyclic) bond motifs is 1. The molecule has 1 aliphatic rings. The van der Waals surface area contributed by atoms with Crippen molar-refractivity contribution >= 4 is 6.08 Å². The van der Waals surface area contributed by atoms with Gasteiger partial charge in [-0.3, -0.25) is 0 Å². The molecule has 1 aromatic rings. The molecule has 1 aliphatic carbocycles. The third-order valence-electron chi connectivity index (χ3n) is 3.28. The molecule has 0 spiro atoms. The van der Waals surface area contributed by atoms with Gasteiger partial charge in [0.1, 0.15) is 0 Å². The molecule has 0 bridgehead atoms. The molecule has 0 saturated carbocycles. The van der Waals surface area contributed by atoms with Crippen LogP contribution in [0.1, 0.15) is 49.8 Å². The van der Waals surface area contributed by atoms with E-state index in [0.717, 1.165) is 0 Å². The minimum absolute atomic E-state index is 1.21. The summed E-state index contributed by atoms with van der Waals surface area (Å²) in [5.41, 5.74) is 6.11. The van der Waals surface area contributed by atoms with Gasteiger partial charge in [-0.15, -0.1) is 0 Å². The molecule has 80 valence electrons. The van der Waals surface area contributed by atoms with Gasteiger partial charge in [-0.05, 0) is 42.4 Å². The van der Waals surface area contributed by atoms with E-state index in [2.05, 4.69) is 38.1 Å². The summed E-state index contributed by atoms with van der Waals surface area (Å²) >= 11 is 0. The fourth-order valence-corrected chi connectivity index (χ4v) is 2.32. The molecule has 0 aliphatic heterocycles. The molecule has 15 heavy (non-hydrogen) atoms. The van der Waals surface area contributed by atoms with E-state index in [9.17, 15) is 0 Å². The van der Waals surface area contributed by atoms with Gasteiger partial charge >= 0.3 is 0 Å². The van der Waals surface area contributed by atoms with Crippen molar-refractivity contribution in [1.82, 2.24) is 0 Å². The smallest absolute Gasteiger partial charge is 0.0222 e. The first-order valence-corrected chi connectivity index (χ1v) is 6.14. The second-order valence-electron chi connectivity index (χ2n) is 4.44. The summed E-state index contributed by atoms with van der Waals surface area (Å²) in [5.74, 6) is 0. The summed E-state index contributed by atoms with van der Waals surface area (Å²) in [6, 6.07) is 7.00. The summed E-state index contributed by atoms with van der Waals surface area (Å²) < 4.78 is 0. The summed E-state index contributed by atoms with van der Waals surface area (Å²) in [4.78, 5) is 0. The summed E-state index contributed by atoms with van der Waals surface area (Å²) in [6.07, 6.45) is 8.55. The molecular formula is C15H20. The largest absolute Gasteiger partial charge is 0.0696 e. The second-order valence-corrected chi connectivity index (χ2v) is 4.44. The zero-order valence-electron chi connectivity index (χ0n) is 9.84. The lowest BCUT2D eigenvalue weighted by Crippen LogP contribution is -1.99. The number of hydrogen-bond acceptors (Lipinski definition) is 0. The van der Waals surface area contributed by atoms with Crippen LogP contribution in [0.2, 0.25) is 0 Å². The molecule has 0 amide bonds. The lowest BCUT2D eigenvalue weighted by atomic mass is 9.89. The number of rotatable bonds is 3. The van der Waals surface area contributed by atoms with Crippen LogP contribution < -0.4 is 0 Å². The molecular weight excluding hydrogens is 180 g/mol. The summed E-state index contributed by atoms with van der Waals surface area (Å²) in [6.45, 7) is 4.50. The van der Waals surface area contributed by atoms with Crippen molar-refractivity contribution in [3.8, 4) is 0 Å². The van der Waals surface area contributed by atoms with Crippen molar-refractivity contribution in [2.75, 3.05) is 0 Å². The van der Waals surface area contributed by atoms with Gasteiger partial charge in [-0.2, -0.15) is 0 Å². The molecule has 0 heterocycles. The van der Waals surface area contributed by atoms with Crippen LogP contribution >= 0.6 is 0 Å². The maximum atomic E-state index is 2.40. The van der Waals surface area contributed by atoms with Gasteiger partial charge in [0, 0.05) is 0 Å². The van der Waals surface area contributed by atoms with Crippen molar-refractivity contribution in [3.05, 3.63) is 40.5 Å². The van der Waals surface area contributed by atoms with Crippen LogP contribution in [0.3, 0.4) is 0 Å². The lowest BCUT2D eigenvalue weighted by Gasteiger charge is -2.16. The van der Waals surface area contributed by atoms with Crippen molar-refractivity contribution in [1.29, 1.82) is 0 Å². The van der Waals surface area contributed by atoms with E-state index in [0.29, 0.717) is 0 Å². The van der Waals surface area contributed by atoms with Crippen LogP contribution in [0.4, 0.5) is 0 Å².